The van der Waals surface area contributed by atoms with Crippen molar-refractivity contribution in [3.63, 3.8) is 0 Å². The lowest BCUT2D eigenvalue weighted by Crippen LogP contribution is -2.27. The molecule has 96 valence electrons. The Bertz CT molecular complexity index is 309. The number of hydrogen-bond acceptors (Lipinski definition) is 3. The highest BCUT2D eigenvalue weighted by Gasteiger charge is 2.11. The van der Waals surface area contributed by atoms with Gasteiger partial charge in [-0.3, -0.25) is 0 Å². The predicted octanol–water partition coefficient (Wildman–Crippen LogP) is 2.84. The average Bonchev–Trinajstić information content (AvgIpc) is 2.35. The minimum absolute atomic E-state index is 0.236. The fraction of sp³-hybridized carbons (Fsp3) is 0.571. The van der Waals surface area contributed by atoms with E-state index in [0.717, 1.165) is 24.3 Å². The van der Waals surface area contributed by atoms with Crippen molar-refractivity contribution >= 4 is 0 Å². The molecular weight excluding hydrogens is 214 g/mol. The Morgan fingerprint density at radius 1 is 1.18 bits per heavy atom. The molecular formula is C14H23NO2. The zero-order valence-electron chi connectivity index (χ0n) is 11.0. The highest BCUT2D eigenvalue weighted by atomic mass is 16.5. The van der Waals surface area contributed by atoms with E-state index in [-0.39, 0.29) is 6.04 Å². The lowest BCUT2D eigenvalue weighted by Gasteiger charge is -2.18. The maximum Gasteiger partial charge on any atom is 0.119 e. The van der Waals surface area contributed by atoms with Gasteiger partial charge in [-0.25, -0.2) is 0 Å². The average molecular weight is 237 g/mol. The molecule has 0 aliphatic carbocycles. The largest absolute Gasteiger partial charge is 0.497 e. The van der Waals surface area contributed by atoms with Crippen LogP contribution in [0.15, 0.2) is 24.3 Å². The molecule has 2 unspecified atom stereocenters. The Morgan fingerprint density at radius 2 is 1.76 bits per heavy atom. The van der Waals surface area contributed by atoms with Gasteiger partial charge in [-0.05, 0) is 43.5 Å². The molecule has 0 heterocycles. The number of ether oxygens (including phenoxy) is 2. The highest BCUT2D eigenvalue weighted by molar-refractivity contribution is 5.31. The van der Waals surface area contributed by atoms with Crippen LogP contribution in [0.5, 0.6) is 11.5 Å². The van der Waals surface area contributed by atoms with Gasteiger partial charge in [0, 0.05) is 6.04 Å². The van der Waals surface area contributed by atoms with Crippen LogP contribution in [0, 0.1) is 5.92 Å². The van der Waals surface area contributed by atoms with Crippen LogP contribution < -0.4 is 15.2 Å². The van der Waals surface area contributed by atoms with E-state index in [2.05, 4.69) is 13.8 Å². The number of methoxy groups -OCH3 is 1. The van der Waals surface area contributed by atoms with Gasteiger partial charge in [-0.1, -0.05) is 13.3 Å². The van der Waals surface area contributed by atoms with Crippen molar-refractivity contribution in [3.05, 3.63) is 24.3 Å². The van der Waals surface area contributed by atoms with Crippen LogP contribution in [-0.4, -0.2) is 19.8 Å². The van der Waals surface area contributed by atoms with Gasteiger partial charge in [0.2, 0.25) is 0 Å². The zero-order chi connectivity index (χ0) is 12.7. The summed E-state index contributed by atoms with van der Waals surface area (Å²) in [6, 6.07) is 7.88. The first-order valence-electron chi connectivity index (χ1n) is 6.19. The summed E-state index contributed by atoms with van der Waals surface area (Å²) >= 11 is 0. The normalized spacial score (nSPS) is 14.1. The highest BCUT2D eigenvalue weighted by Crippen LogP contribution is 2.18. The molecule has 3 nitrogen and oxygen atoms in total. The summed E-state index contributed by atoms with van der Waals surface area (Å²) in [6.45, 7) is 4.94. The summed E-state index contributed by atoms with van der Waals surface area (Å²) in [5.41, 5.74) is 5.89. The van der Waals surface area contributed by atoms with Crippen molar-refractivity contribution in [1.82, 2.24) is 0 Å². The van der Waals surface area contributed by atoms with Crippen LogP contribution in [0.1, 0.15) is 26.7 Å². The molecule has 1 aromatic carbocycles. The minimum Gasteiger partial charge on any atom is -0.497 e. The lowest BCUT2D eigenvalue weighted by molar-refractivity contribution is 0.261. The smallest absolute Gasteiger partial charge is 0.119 e. The Balaban J connectivity index is 2.34. The standard InChI is InChI=1S/C14H23NO2/c1-4-12(11(2)15)9-10-17-14-7-5-13(16-3)6-8-14/h5-8,11-12H,4,9-10,15H2,1-3H3. The van der Waals surface area contributed by atoms with Gasteiger partial charge in [0.25, 0.3) is 0 Å². The summed E-state index contributed by atoms with van der Waals surface area (Å²) in [7, 11) is 1.66. The molecule has 0 aliphatic heterocycles. The topological polar surface area (TPSA) is 44.5 Å². The van der Waals surface area contributed by atoms with E-state index in [9.17, 15) is 0 Å². The first kappa shape index (κ1) is 13.8. The van der Waals surface area contributed by atoms with Gasteiger partial charge in [0.1, 0.15) is 11.5 Å². The van der Waals surface area contributed by atoms with Crippen molar-refractivity contribution in [2.75, 3.05) is 13.7 Å². The third-order valence-corrected chi connectivity index (χ3v) is 3.08. The van der Waals surface area contributed by atoms with Crippen LogP contribution in [0.3, 0.4) is 0 Å². The second-order valence-corrected chi connectivity index (χ2v) is 4.34. The monoisotopic (exact) mass is 237 g/mol. The second-order valence-electron chi connectivity index (χ2n) is 4.34. The molecule has 0 amide bonds. The molecule has 0 aromatic heterocycles. The molecule has 0 aliphatic rings. The molecule has 1 rings (SSSR count). The third kappa shape index (κ3) is 4.65. The number of hydrogen-bond donors (Lipinski definition) is 1. The van der Waals surface area contributed by atoms with Crippen molar-refractivity contribution in [3.8, 4) is 11.5 Å². The van der Waals surface area contributed by atoms with Gasteiger partial charge in [-0.15, -0.1) is 0 Å². The third-order valence-electron chi connectivity index (χ3n) is 3.08. The lowest BCUT2D eigenvalue weighted by atomic mass is 9.96. The molecule has 0 saturated heterocycles. The maximum absolute atomic E-state index is 5.89. The quantitative estimate of drug-likeness (QED) is 0.793. The molecule has 0 spiro atoms. The van der Waals surface area contributed by atoms with Gasteiger partial charge in [0.05, 0.1) is 13.7 Å². The summed E-state index contributed by atoms with van der Waals surface area (Å²) in [4.78, 5) is 0. The molecule has 2 N–H and O–H groups in total. The molecule has 0 radical (unpaired) electrons. The Kier molecular flexibility index (Phi) is 5.84. The second kappa shape index (κ2) is 7.17. The first-order chi connectivity index (χ1) is 8.17. The fourth-order valence-electron chi connectivity index (χ4n) is 1.84. The van der Waals surface area contributed by atoms with E-state index < -0.39 is 0 Å². The predicted molar refractivity (Wildman–Crippen MR) is 70.5 cm³/mol. The van der Waals surface area contributed by atoms with Gasteiger partial charge in [0.15, 0.2) is 0 Å². The first-order valence-corrected chi connectivity index (χ1v) is 6.19. The molecule has 1 aromatic rings. The van der Waals surface area contributed by atoms with E-state index in [4.69, 9.17) is 15.2 Å². The van der Waals surface area contributed by atoms with Gasteiger partial charge < -0.3 is 15.2 Å². The Labute approximate surface area is 104 Å². The number of rotatable bonds is 7. The molecule has 0 fully saturated rings. The van der Waals surface area contributed by atoms with Gasteiger partial charge >= 0.3 is 0 Å². The maximum atomic E-state index is 5.89. The summed E-state index contributed by atoms with van der Waals surface area (Å²) < 4.78 is 10.8. The van der Waals surface area contributed by atoms with Crippen LogP contribution in [-0.2, 0) is 0 Å². The van der Waals surface area contributed by atoms with Crippen molar-refractivity contribution < 1.29 is 9.47 Å². The van der Waals surface area contributed by atoms with E-state index in [0.29, 0.717) is 12.5 Å². The zero-order valence-corrected chi connectivity index (χ0v) is 11.0. The van der Waals surface area contributed by atoms with E-state index in [1.54, 1.807) is 7.11 Å². The SMILES string of the molecule is CCC(CCOc1ccc(OC)cc1)C(C)N. The summed E-state index contributed by atoms with van der Waals surface area (Å²) in [5.74, 6) is 2.26. The number of benzene rings is 1. The van der Waals surface area contributed by atoms with Crippen molar-refractivity contribution in [2.45, 2.75) is 32.7 Å². The van der Waals surface area contributed by atoms with Crippen LogP contribution >= 0.6 is 0 Å². The Hall–Kier alpha value is -1.22. The molecule has 0 saturated carbocycles. The van der Waals surface area contributed by atoms with Crippen molar-refractivity contribution in [1.29, 1.82) is 0 Å². The van der Waals surface area contributed by atoms with Crippen molar-refractivity contribution in [2.24, 2.45) is 11.7 Å². The van der Waals surface area contributed by atoms with Crippen LogP contribution in [0.25, 0.3) is 0 Å². The molecule has 2 atom stereocenters. The van der Waals surface area contributed by atoms with Crippen LogP contribution in [0.2, 0.25) is 0 Å². The number of nitrogens with two attached hydrogens (primary N) is 1. The van der Waals surface area contributed by atoms with E-state index in [1.807, 2.05) is 24.3 Å². The van der Waals surface area contributed by atoms with E-state index in [1.165, 1.54) is 0 Å². The summed E-state index contributed by atoms with van der Waals surface area (Å²) in [6.07, 6.45) is 2.10. The van der Waals surface area contributed by atoms with Gasteiger partial charge in [-0.2, -0.15) is 0 Å². The fourth-order valence-corrected chi connectivity index (χ4v) is 1.84. The van der Waals surface area contributed by atoms with Crippen LogP contribution in [0.4, 0.5) is 0 Å². The summed E-state index contributed by atoms with van der Waals surface area (Å²) in [5, 5.41) is 0. The Morgan fingerprint density at radius 3 is 2.24 bits per heavy atom. The molecule has 0 bridgehead atoms. The molecule has 17 heavy (non-hydrogen) atoms. The van der Waals surface area contributed by atoms with E-state index >= 15 is 0 Å². The minimum atomic E-state index is 0.236. The molecule has 3 heteroatoms.